The summed E-state index contributed by atoms with van der Waals surface area (Å²) in [4.78, 5) is 13.7. The summed E-state index contributed by atoms with van der Waals surface area (Å²) in [5.41, 5.74) is 0. The van der Waals surface area contributed by atoms with Crippen LogP contribution in [0.25, 0.3) is 0 Å². The topological polar surface area (TPSA) is 20.3 Å². The van der Waals surface area contributed by atoms with Crippen LogP contribution >= 0.6 is 0 Å². The van der Waals surface area contributed by atoms with Crippen LogP contribution in [0.1, 0.15) is 47.0 Å². The van der Waals surface area contributed by atoms with Gasteiger partial charge < -0.3 is 4.90 Å². The second-order valence-corrected chi connectivity index (χ2v) is 3.58. The van der Waals surface area contributed by atoms with Crippen molar-refractivity contribution in [2.45, 2.75) is 47.0 Å². The molecule has 0 rings (SSSR count). The highest BCUT2D eigenvalue weighted by Gasteiger charge is 2.16. The Hall–Kier alpha value is -0.530. The van der Waals surface area contributed by atoms with Crippen molar-refractivity contribution in [3.05, 3.63) is 0 Å². The number of nitrogens with zero attached hydrogens (tertiary/aromatic N) is 1. The summed E-state index contributed by atoms with van der Waals surface area (Å²) in [6.45, 7) is 10.1. The van der Waals surface area contributed by atoms with E-state index in [-0.39, 0.29) is 5.92 Å². The van der Waals surface area contributed by atoms with E-state index >= 15 is 0 Å². The van der Waals surface area contributed by atoms with Crippen molar-refractivity contribution in [2.24, 2.45) is 5.92 Å². The highest BCUT2D eigenvalue weighted by atomic mass is 16.2. The van der Waals surface area contributed by atoms with E-state index in [0.717, 1.165) is 32.4 Å². The van der Waals surface area contributed by atoms with Crippen molar-refractivity contribution in [1.82, 2.24) is 4.90 Å². The normalized spacial score (nSPS) is 12.6. The van der Waals surface area contributed by atoms with Gasteiger partial charge in [-0.3, -0.25) is 4.79 Å². The fraction of sp³-hybridized carbons (Fsp3) is 0.909. The number of carbonyl (C=O) groups excluding carboxylic acids is 1. The fourth-order valence-corrected chi connectivity index (χ4v) is 1.26. The van der Waals surface area contributed by atoms with E-state index in [0.29, 0.717) is 5.91 Å². The zero-order chi connectivity index (χ0) is 10.3. The lowest BCUT2D eigenvalue weighted by molar-refractivity contribution is -0.134. The van der Waals surface area contributed by atoms with Gasteiger partial charge >= 0.3 is 0 Å². The summed E-state index contributed by atoms with van der Waals surface area (Å²) in [5, 5.41) is 0. The molecule has 0 aromatic heterocycles. The molecule has 0 spiro atoms. The van der Waals surface area contributed by atoms with Crippen molar-refractivity contribution in [2.75, 3.05) is 13.1 Å². The average molecular weight is 185 g/mol. The van der Waals surface area contributed by atoms with E-state index in [4.69, 9.17) is 0 Å². The van der Waals surface area contributed by atoms with E-state index < -0.39 is 0 Å². The van der Waals surface area contributed by atoms with Crippen LogP contribution in [0, 0.1) is 5.92 Å². The first-order valence-electron chi connectivity index (χ1n) is 5.46. The van der Waals surface area contributed by atoms with Crippen LogP contribution in [0.5, 0.6) is 0 Å². The molecular weight excluding hydrogens is 162 g/mol. The van der Waals surface area contributed by atoms with Gasteiger partial charge in [-0.05, 0) is 19.8 Å². The fourth-order valence-electron chi connectivity index (χ4n) is 1.26. The van der Waals surface area contributed by atoms with Gasteiger partial charge in [0.2, 0.25) is 5.91 Å². The Labute approximate surface area is 82.3 Å². The average Bonchev–Trinajstić information content (AvgIpc) is 2.17. The Morgan fingerprint density at radius 1 is 1.31 bits per heavy atom. The van der Waals surface area contributed by atoms with Crippen LogP contribution in [-0.4, -0.2) is 23.9 Å². The number of hydrogen-bond acceptors (Lipinski definition) is 1. The Kier molecular flexibility index (Phi) is 6.65. The van der Waals surface area contributed by atoms with Gasteiger partial charge in [0, 0.05) is 19.0 Å². The van der Waals surface area contributed by atoms with E-state index in [1.54, 1.807) is 0 Å². The Bertz CT molecular complexity index is 145. The minimum absolute atomic E-state index is 0.191. The van der Waals surface area contributed by atoms with E-state index in [1.807, 2.05) is 11.8 Å². The first kappa shape index (κ1) is 12.5. The quantitative estimate of drug-likeness (QED) is 0.623. The molecule has 1 atom stereocenters. The van der Waals surface area contributed by atoms with Gasteiger partial charge in [0.25, 0.3) is 0 Å². The molecule has 0 saturated heterocycles. The van der Waals surface area contributed by atoms with Crippen LogP contribution < -0.4 is 0 Å². The summed E-state index contributed by atoms with van der Waals surface area (Å²) in [6.07, 6.45) is 3.22. The van der Waals surface area contributed by atoms with Crippen molar-refractivity contribution in [3.8, 4) is 0 Å². The zero-order valence-electron chi connectivity index (χ0n) is 9.47. The van der Waals surface area contributed by atoms with Gasteiger partial charge in [-0.15, -0.1) is 0 Å². The molecule has 1 unspecified atom stereocenters. The number of rotatable bonds is 6. The van der Waals surface area contributed by atoms with E-state index in [2.05, 4.69) is 20.8 Å². The van der Waals surface area contributed by atoms with Crippen LogP contribution in [0.3, 0.4) is 0 Å². The Morgan fingerprint density at radius 2 is 1.92 bits per heavy atom. The molecule has 0 heterocycles. The molecule has 0 aliphatic heterocycles. The van der Waals surface area contributed by atoms with Gasteiger partial charge in [0.1, 0.15) is 0 Å². The smallest absolute Gasteiger partial charge is 0.225 e. The Balaban J connectivity index is 3.98. The molecule has 0 bridgehead atoms. The molecule has 78 valence electrons. The molecule has 13 heavy (non-hydrogen) atoms. The number of carbonyl (C=O) groups is 1. The molecule has 2 heteroatoms. The van der Waals surface area contributed by atoms with Gasteiger partial charge in [-0.2, -0.15) is 0 Å². The van der Waals surface area contributed by atoms with Crippen molar-refractivity contribution in [3.63, 3.8) is 0 Å². The monoisotopic (exact) mass is 185 g/mol. The summed E-state index contributed by atoms with van der Waals surface area (Å²) in [5.74, 6) is 0.509. The molecule has 0 fully saturated rings. The second kappa shape index (κ2) is 6.93. The molecular formula is C11H23NO. The zero-order valence-corrected chi connectivity index (χ0v) is 9.47. The number of hydrogen-bond donors (Lipinski definition) is 0. The molecule has 1 amide bonds. The highest BCUT2D eigenvalue weighted by molar-refractivity contribution is 5.78. The molecule has 0 saturated carbocycles. The molecule has 0 aromatic carbocycles. The second-order valence-electron chi connectivity index (χ2n) is 3.58. The maximum atomic E-state index is 11.7. The first-order valence-corrected chi connectivity index (χ1v) is 5.46. The molecule has 0 N–H and O–H groups in total. The predicted molar refractivity (Wildman–Crippen MR) is 56.6 cm³/mol. The number of unbranched alkanes of at least 4 members (excludes halogenated alkanes) is 1. The van der Waals surface area contributed by atoms with Crippen LogP contribution in [0.15, 0.2) is 0 Å². The third-order valence-corrected chi connectivity index (χ3v) is 2.51. The lowest BCUT2D eigenvalue weighted by Gasteiger charge is -2.23. The summed E-state index contributed by atoms with van der Waals surface area (Å²) in [7, 11) is 0. The molecule has 0 aliphatic carbocycles. The van der Waals surface area contributed by atoms with Crippen molar-refractivity contribution < 1.29 is 4.79 Å². The minimum atomic E-state index is 0.191. The molecule has 0 aliphatic rings. The molecule has 0 aromatic rings. The summed E-state index contributed by atoms with van der Waals surface area (Å²) >= 11 is 0. The highest BCUT2D eigenvalue weighted by Crippen LogP contribution is 2.07. The third kappa shape index (κ3) is 4.30. The van der Waals surface area contributed by atoms with E-state index in [1.165, 1.54) is 0 Å². The van der Waals surface area contributed by atoms with Gasteiger partial charge in [0.05, 0.1) is 0 Å². The molecule has 0 radical (unpaired) electrons. The van der Waals surface area contributed by atoms with Gasteiger partial charge in [-0.25, -0.2) is 0 Å². The minimum Gasteiger partial charge on any atom is -0.343 e. The van der Waals surface area contributed by atoms with Crippen LogP contribution in [0.2, 0.25) is 0 Å². The maximum absolute atomic E-state index is 11.7. The lowest BCUT2D eigenvalue weighted by Crippen LogP contribution is -2.35. The number of amides is 1. The van der Waals surface area contributed by atoms with Crippen molar-refractivity contribution >= 4 is 5.91 Å². The van der Waals surface area contributed by atoms with E-state index in [9.17, 15) is 4.79 Å². The predicted octanol–water partition coefficient (Wildman–Crippen LogP) is 2.68. The largest absolute Gasteiger partial charge is 0.343 e. The van der Waals surface area contributed by atoms with Crippen LogP contribution in [0.4, 0.5) is 0 Å². The SMILES string of the molecule is CCCCN(CC)C(=O)C(C)CC. The molecule has 2 nitrogen and oxygen atoms in total. The van der Waals surface area contributed by atoms with Gasteiger partial charge in [0.15, 0.2) is 0 Å². The van der Waals surface area contributed by atoms with Gasteiger partial charge in [-0.1, -0.05) is 27.2 Å². The van der Waals surface area contributed by atoms with Crippen molar-refractivity contribution in [1.29, 1.82) is 0 Å². The summed E-state index contributed by atoms with van der Waals surface area (Å²) < 4.78 is 0. The summed E-state index contributed by atoms with van der Waals surface area (Å²) in [6, 6.07) is 0. The third-order valence-electron chi connectivity index (χ3n) is 2.51. The Morgan fingerprint density at radius 3 is 2.31 bits per heavy atom. The lowest BCUT2D eigenvalue weighted by atomic mass is 10.1. The standard InChI is InChI=1S/C11H23NO/c1-5-8-9-12(7-3)11(13)10(4)6-2/h10H,5-9H2,1-4H3. The van der Waals surface area contributed by atoms with Crippen LogP contribution in [-0.2, 0) is 4.79 Å². The first-order chi connectivity index (χ1) is 6.17. The maximum Gasteiger partial charge on any atom is 0.225 e.